The van der Waals surface area contributed by atoms with E-state index in [1.165, 1.54) is 11.1 Å². The number of hydrogen-bond acceptors (Lipinski definition) is 14. The molecule has 0 aromatic heterocycles. The minimum absolute atomic E-state index is 0.107. The fourth-order valence-corrected chi connectivity index (χ4v) is 10.8. The second-order valence-electron chi connectivity index (χ2n) is 18.9. The Hall–Kier alpha value is -6.26. The minimum atomic E-state index is -0.209. The lowest BCUT2D eigenvalue weighted by Crippen LogP contribution is -2.52. The number of likely N-dealkylation sites (N-methyl/N-ethyl adjacent to an activating group) is 2. The molecule has 0 amide bonds. The summed E-state index contributed by atoms with van der Waals surface area (Å²) in [4.78, 5) is 25.8. The number of quaternary nitrogens is 2. The van der Waals surface area contributed by atoms with Gasteiger partial charge >= 0.3 is 11.9 Å². The van der Waals surface area contributed by atoms with E-state index in [2.05, 4.69) is 38.4 Å². The highest BCUT2D eigenvalue weighted by Crippen LogP contribution is 2.50. The highest BCUT2D eigenvalue weighted by Gasteiger charge is 2.43. The highest BCUT2D eigenvalue weighted by molar-refractivity contribution is 5.69. The third kappa shape index (κ3) is 12.3. The van der Waals surface area contributed by atoms with Crippen molar-refractivity contribution in [1.29, 1.82) is 0 Å². The lowest BCUT2D eigenvalue weighted by molar-refractivity contribution is -0.935. The van der Waals surface area contributed by atoms with E-state index in [1.54, 1.807) is 71.1 Å². The molecular weight excluding hydrogens is 925 g/mol. The molecule has 4 aromatic carbocycles. The van der Waals surface area contributed by atoms with Crippen molar-refractivity contribution < 1.29 is 75.4 Å². The maximum atomic E-state index is 12.9. The second-order valence-corrected chi connectivity index (χ2v) is 18.9. The fraction of sp³-hybridized carbons (Fsp3) is 0.536. The molecule has 16 heteroatoms. The molecule has 394 valence electrons. The van der Waals surface area contributed by atoms with Crippen LogP contribution in [0.3, 0.4) is 0 Å². The van der Waals surface area contributed by atoms with Crippen LogP contribution in [0.4, 0.5) is 0 Å². The summed E-state index contributed by atoms with van der Waals surface area (Å²) in [6.45, 7) is 3.86. The SMILES string of the molecule is COc1cc2c(cc1OC)[C@@H](c1cc(OC)c(OC)c(OC)c1)[N@+](C)(CCCOC(=O)CCCCCCC(=O)OCCC[N@@+]1(C)CCc3cc(OC)c(OC)cc3[C@@H]1c1cc(OC)c(OC)c(OC)c1)CC2. The largest absolute Gasteiger partial charge is 0.493 e. The molecule has 0 radical (unpaired) electrons. The molecule has 16 nitrogen and oxygen atoms in total. The van der Waals surface area contributed by atoms with Crippen LogP contribution in [0.1, 0.15) is 96.8 Å². The molecule has 4 aromatic rings. The zero-order chi connectivity index (χ0) is 52.0. The van der Waals surface area contributed by atoms with Gasteiger partial charge in [-0.05, 0) is 72.5 Å². The van der Waals surface area contributed by atoms with E-state index in [0.29, 0.717) is 118 Å². The molecule has 2 aliphatic rings. The number of esters is 2. The van der Waals surface area contributed by atoms with Crippen LogP contribution >= 0.6 is 0 Å². The number of unbranched alkanes of at least 4 members (excludes halogenated alkanes) is 3. The van der Waals surface area contributed by atoms with E-state index < -0.39 is 0 Å². The molecule has 0 bridgehead atoms. The fourth-order valence-electron chi connectivity index (χ4n) is 10.8. The molecule has 0 saturated carbocycles. The zero-order valence-electron chi connectivity index (χ0n) is 44.7. The number of nitrogens with zero attached hydrogens (tertiary/aromatic N) is 2. The van der Waals surface area contributed by atoms with Gasteiger partial charge in [-0.1, -0.05) is 12.8 Å². The molecule has 0 fully saturated rings. The Kier molecular flexibility index (Phi) is 19.4. The quantitative estimate of drug-likeness (QED) is 0.0319. The number of hydrogen-bond donors (Lipinski definition) is 0. The molecule has 0 unspecified atom stereocenters. The van der Waals surface area contributed by atoms with Crippen molar-refractivity contribution in [3.05, 3.63) is 81.9 Å². The average Bonchev–Trinajstić information content (AvgIpc) is 3.40. The molecule has 72 heavy (non-hydrogen) atoms. The Morgan fingerprint density at radius 2 is 0.736 bits per heavy atom. The van der Waals surface area contributed by atoms with Gasteiger partial charge in [0.2, 0.25) is 11.5 Å². The predicted molar refractivity (Wildman–Crippen MR) is 273 cm³/mol. The summed E-state index contributed by atoms with van der Waals surface area (Å²) in [7, 11) is 20.8. The molecule has 2 heterocycles. The van der Waals surface area contributed by atoms with Crippen molar-refractivity contribution in [2.75, 3.05) is 125 Å². The van der Waals surface area contributed by atoms with Crippen LogP contribution in [-0.2, 0) is 31.9 Å². The van der Waals surface area contributed by atoms with Gasteiger partial charge in [0, 0.05) is 60.8 Å². The van der Waals surface area contributed by atoms with Gasteiger partial charge in [0.25, 0.3) is 0 Å². The van der Waals surface area contributed by atoms with Gasteiger partial charge in [0.1, 0.15) is 12.1 Å². The first-order chi connectivity index (χ1) is 34.8. The smallest absolute Gasteiger partial charge is 0.305 e. The van der Waals surface area contributed by atoms with Crippen LogP contribution < -0.4 is 47.4 Å². The number of carbonyl (C=O) groups is 2. The van der Waals surface area contributed by atoms with Crippen molar-refractivity contribution in [2.45, 2.75) is 76.3 Å². The maximum absolute atomic E-state index is 12.9. The van der Waals surface area contributed by atoms with Gasteiger partial charge in [0.15, 0.2) is 46.0 Å². The standard InChI is InChI=1S/C56H78N2O14/c1-57(25-21-37-29-43(61-3)45(63-5)35-41(37)53(57)39-31-47(65-7)55(69-11)48(32-39)66-8)23-17-27-71-51(59)19-15-13-14-16-20-52(60)72-28-18-24-58(2)26-22-38-30-44(62-4)46(64-6)36-42(38)54(58)40-33-49(67-9)56(70-12)50(34-40)68-10/h29-36,53-54H,13-28H2,1-12H3/q+2/t53-,54+,57-,58+. The lowest BCUT2D eigenvalue weighted by atomic mass is 9.85. The van der Waals surface area contributed by atoms with Crippen molar-refractivity contribution in [1.82, 2.24) is 0 Å². The lowest BCUT2D eigenvalue weighted by Gasteiger charge is -2.46. The molecule has 2 aliphatic heterocycles. The summed E-state index contributed by atoms with van der Waals surface area (Å²) < 4.78 is 70.1. The van der Waals surface area contributed by atoms with Crippen LogP contribution in [0.2, 0.25) is 0 Å². The third-order valence-corrected chi connectivity index (χ3v) is 14.6. The number of carbonyl (C=O) groups excluding carboxylic acids is 2. The molecule has 0 spiro atoms. The van der Waals surface area contributed by atoms with Crippen molar-refractivity contribution in [3.8, 4) is 57.5 Å². The monoisotopic (exact) mass is 1000 g/mol. The van der Waals surface area contributed by atoms with Crippen molar-refractivity contribution in [3.63, 3.8) is 0 Å². The van der Waals surface area contributed by atoms with Crippen LogP contribution in [0.15, 0.2) is 48.5 Å². The van der Waals surface area contributed by atoms with Crippen molar-refractivity contribution >= 4 is 11.9 Å². The highest BCUT2D eigenvalue weighted by atomic mass is 16.6. The molecule has 6 rings (SSSR count). The number of methoxy groups -OCH3 is 10. The second kappa shape index (κ2) is 25.4. The van der Waals surface area contributed by atoms with E-state index in [1.807, 2.05) is 24.3 Å². The van der Waals surface area contributed by atoms with Crippen LogP contribution in [0.5, 0.6) is 57.5 Å². The number of rotatable bonds is 27. The first kappa shape index (κ1) is 55.1. The van der Waals surface area contributed by atoms with Gasteiger partial charge in [-0.25, -0.2) is 0 Å². The van der Waals surface area contributed by atoms with Crippen LogP contribution in [0, 0.1) is 0 Å². The van der Waals surface area contributed by atoms with E-state index in [4.69, 9.17) is 56.8 Å². The number of ether oxygens (including phenoxy) is 12. The van der Waals surface area contributed by atoms with E-state index in [9.17, 15) is 9.59 Å². The predicted octanol–water partition coefficient (Wildman–Crippen LogP) is 8.86. The summed E-state index contributed by atoms with van der Waals surface area (Å²) in [5, 5.41) is 0. The van der Waals surface area contributed by atoms with Gasteiger partial charge in [-0.2, -0.15) is 0 Å². The third-order valence-electron chi connectivity index (χ3n) is 14.6. The normalized spacial score (nSPS) is 18.9. The molecule has 0 aliphatic carbocycles. The Morgan fingerprint density at radius 3 is 1.04 bits per heavy atom. The Morgan fingerprint density at radius 1 is 0.417 bits per heavy atom. The minimum Gasteiger partial charge on any atom is -0.493 e. The average molecular weight is 1000 g/mol. The molecule has 0 saturated heterocycles. The summed E-state index contributed by atoms with van der Waals surface area (Å²) >= 11 is 0. The molecule has 4 atom stereocenters. The summed E-state index contributed by atoms with van der Waals surface area (Å²) in [6.07, 6.45) is 6.72. The van der Waals surface area contributed by atoms with Crippen molar-refractivity contribution in [2.24, 2.45) is 0 Å². The van der Waals surface area contributed by atoms with E-state index >= 15 is 0 Å². The van der Waals surface area contributed by atoms with E-state index in [-0.39, 0.29) is 24.0 Å². The number of fused-ring (bicyclic) bond motifs is 2. The summed E-state index contributed by atoms with van der Waals surface area (Å²) in [5.41, 5.74) is 6.64. The first-order valence-corrected chi connectivity index (χ1v) is 24.9. The maximum Gasteiger partial charge on any atom is 0.305 e. The van der Waals surface area contributed by atoms with Gasteiger partial charge in [-0.3, -0.25) is 9.59 Å². The van der Waals surface area contributed by atoms with Crippen LogP contribution in [0.25, 0.3) is 0 Å². The van der Waals surface area contributed by atoms with Gasteiger partial charge < -0.3 is 65.8 Å². The Bertz CT molecular complexity index is 2260. The van der Waals surface area contributed by atoms with Gasteiger partial charge in [-0.15, -0.1) is 0 Å². The molecule has 0 N–H and O–H groups in total. The summed E-state index contributed by atoms with van der Waals surface area (Å²) in [5.74, 6) is 5.67. The van der Waals surface area contributed by atoms with Crippen LogP contribution in [-0.4, -0.2) is 145 Å². The Balaban J connectivity index is 0.962. The summed E-state index contributed by atoms with van der Waals surface area (Å²) in [6, 6.07) is 16.1. The van der Waals surface area contributed by atoms with Gasteiger partial charge in [0.05, 0.1) is 125 Å². The number of benzene rings is 4. The zero-order valence-corrected chi connectivity index (χ0v) is 44.7. The molecular formula is C56H78N2O14+2. The Labute approximate surface area is 426 Å². The van der Waals surface area contributed by atoms with E-state index in [0.717, 1.165) is 74.1 Å². The first-order valence-electron chi connectivity index (χ1n) is 24.9. The topological polar surface area (TPSA) is 145 Å².